The van der Waals surface area contributed by atoms with Crippen LogP contribution in [-0.4, -0.2) is 6.18 Å². The predicted molar refractivity (Wildman–Crippen MR) is 32.5 cm³/mol. The normalized spacial score (nSPS) is 44.5. The van der Waals surface area contributed by atoms with E-state index >= 15 is 0 Å². The first kappa shape index (κ1) is 5.22. The summed E-state index contributed by atoms with van der Waals surface area (Å²) in [4.78, 5) is 0. The minimum absolute atomic E-state index is 0.284. The molecule has 1 rings (SSSR count). The van der Waals surface area contributed by atoms with E-state index in [4.69, 9.17) is 2.74 Å². The Morgan fingerprint density at radius 1 is 1.50 bits per heavy atom. The molecule has 0 amide bonds. The fraction of sp³-hybridized carbons (Fsp3) is 0.714. The third-order valence-electron chi connectivity index (χ3n) is 1.40. The Kier molecular flexibility index (Phi) is 1.38. The molecule has 0 nitrogen and oxygen atoms in total. The zero-order chi connectivity index (χ0) is 9.35. The minimum Gasteiger partial charge on any atom is -0.170 e. The molecule has 3 atom stereocenters. The summed E-state index contributed by atoms with van der Waals surface area (Å²) in [5.41, 5.74) is 0. The molecule has 0 radical (unpaired) electrons. The second-order valence-corrected chi connectivity index (χ2v) is 2.20. The lowest BCUT2D eigenvalue weighted by Gasteiger charge is -2.18. The van der Waals surface area contributed by atoms with Crippen LogP contribution in [0, 0.1) is 5.92 Å². The second-order valence-electron chi connectivity index (χ2n) is 2.20. The molecule has 0 spiro atoms. The van der Waals surface area contributed by atoms with E-state index in [0.29, 0.717) is 0 Å². The van der Waals surface area contributed by atoms with Crippen molar-refractivity contribution in [2.75, 3.05) is 0 Å². The monoisotopic (exact) mass is 152 g/mol. The van der Waals surface area contributed by atoms with Gasteiger partial charge in [0.25, 0.3) is 0 Å². The zero-order valence-electron chi connectivity index (χ0n) is 7.23. The maximum Gasteiger partial charge on any atom is 0.395 e. The van der Waals surface area contributed by atoms with Gasteiger partial charge in [0.1, 0.15) is 0 Å². The highest BCUT2D eigenvalue weighted by molar-refractivity contribution is 4.95. The van der Waals surface area contributed by atoms with Gasteiger partial charge in [-0.1, -0.05) is 12.2 Å². The summed E-state index contributed by atoms with van der Waals surface area (Å²) < 4.78 is 50.4. The molecule has 0 aromatic heterocycles. The molecule has 0 saturated heterocycles. The zero-order valence-corrected chi connectivity index (χ0v) is 5.23. The van der Waals surface area contributed by atoms with Crippen molar-refractivity contribution in [3.05, 3.63) is 12.2 Å². The third-order valence-corrected chi connectivity index (χ3v) is 1.40. The van der Waals surface area contributed by atoms with Crippen molar-refractivity contribution >= 4 is 0 Å². The Balaban J connectivity index is 2.67. The van der Waals surface area contributed by atoms with Crippen molar-refractivity contribution in [2.24, 2.45) is 5.92 Å². The highest BCUT2D eigenvalue weighted by Gasteiger charge is 2.37. The lowest BCUT2D eigenvalue weighted by molar-refractivity contribution is -0.163. The molecule has 0 aromatic rings. The van der Waals surface area contributed by atoms with Crippen molar-refractivity contribution in [1.82, 2.24) is 0 Å². The summed E-state index contributed by atoms with van der Waals surface area (Å²) in [7, 11) is 0. The van der Waals surface area contributed by atoms with E-state index in [-0.39, 0.29) is 6.42 Å². The van der Waals surface area contributed by atoms with Gasteiger partial charge in [-0.2, -0.15) is 13.2 Å². The van der Waals surface area contributed by atoms with Gasteiger partial charge < -0.3 is 0 Å². The molecule has 58 valence electrons. The van der Waals surface area contributed by atoms with E-state index in [2.05, 4.69) is 0 Å². The average Bonchev–Trinajstić information content (AvgIpc) is 1.92. The molecule has 1 aliphatic rings. The van der Waals surface area contributed by atoms with Crippen LogP contribution in [0.15, 0.2) is 12.2 Å². The van der Waals surface area contributed by atoms with Crippen molar-refractivity contribution in [3.63, 3.8) is 0 Å². The Morgan fingerprint density at radius 3 is 2.70 bits per heavy atom. The summed E-state index contributed by atoms with van der Waals surface area (Å²) in [5.74, 6) is -1.53. The van der Waals surface area contributed by atoms with E-state index < -0.39 is 24.9 Å². The first-order valence-corrected chi connectivity index (χ1v) is 3.01. The number of alkyl halides is 3. The van der Waals surface area contributed by atoms with Gasteiger partial charge in [0.2, 0.25) is 0 Å². The second kappa shape index (κ2) is 2.64. The first-order chi connectivity index (χ1) is 5.41. The van der Waals surface area contributed by atoms with Crippen LogP contribution in [0.1, 0.15) is 22.0 Å². The van der Waals surface area contributed by atoms with E-state index in [9.17, 15) is 13.2 Å². The molecular weight excluding hydrogens is 141 g/mol. The summed E-state index contributed by atoms with van der Waals surface area (Å²) in [5, 5.41) is 0. The Hall–Kier alpha value is -0.470. The topological polar surface area (TPSA) is 0 Å². The van der Waals surface area contributed by atoms with Gasteiger partial charge in [-0.3, -0.25) is 0 Å². The molecule has 0 saturated carbocycles. The molecule has 1 aliphatic carbocycles. The molecule has 0 aromatic carbocycles. The van der Waals surface area contributed by atoms with Crippen molar-refractivity contribution < 1.29 is 15.9 Å². The molecular formula is C7H9F3. The molecule has 3 heteroatoms. The first-order valence-electron chi connectivity index (χ1n) is 4.16. The third kappa shape index (κ3) is 1.75. The van der Waals surface area contributed by atoms with E-state index in [1.54, 1.807) is 0 Å². The summed E-state index contributed by atoms with van der Waals surface area (Å²) in [6.07, 6.45) is -4.14. The van der Waals surface area contributed by atoms with Gasteiger partial charge in [0, 0.05) is 2.74 Å². The van der Waals surface area contributed by atoms with E-state index in [1.807, 2.05) is 0 Å². The minimum atomic E-state index is -4.25. The SMILES string of the molecule is [2H][C@@H]1C[C@H](C(F)(F)F)C=C[C@@H]1[2H]. The van der Waals surface area contributed by atoms with E-state index in [0.717, 1.165) is 12.2 Å². The van der Waals surface area contributed by atoms with Crippen LogP contribution in [0.2, 0.25) is 0 Å². The number of allylic oxidation sites excluding steroid dienone is 2. The van der Waals surface area contributed by atoms with Crippen LogP contribution in [0.4, 0.5) is 13.2 Å². The summed E-state index contributed by atoms with van der Waals surface area (Å²) in [6, 6.07) is 0. The smallest absolute Gasteiger partial charge is 0.170 e. The molecule has 0 unspecified atom stereocenters. The molecule has 10 heavy (non-hydrogen) atoms. The molecule has 0 fully saturated rings. The lowest BCUT2D eigenvalue weighted by Crippen LogP contribution is -2.22. The van der Waals surface area contributed by atoms with Crippen LogP contribution in [0.5, 0.6) is 0 Å². The van der Waals surface area contributed by atoms with Gasteiger partial charge in [-0.15, -0.1) is 0 Å². The van der Waals surface area contributed by atoms with Crippen molar-refractivity contribution in [1.29, 1.82) is 0 Å². The van der Waals surface area contributed by atoms with Crippen LogP contribution in [0.25, 0.3) is 0 Å². The van der Waals surface area contributed by atoms with Gasteiger partial charge >= 0.3 is 6.18 Å². The van der Waals surface area contributed by atoms with Crippen LogP contribution in [0.3, 0.4) is 0 Å². The predicted octanol–water partition coefficient (Wildman–Crippen LogP) is 2.91. The average molecular weight is 152 g/mol. The van der Waals surface area contributed by atoms with Crippen LogP contribution in [-0.2, 0) is 0 Å². The van der Waals surface area contributed by atoms with Gasteiger partial charge in [-0.05, 0) is 19.2 Å². The maximum absolute atomic E-state index is 12.0. The fourth-order valence-electron chi connectivity index (χ4n) is 0.823. The fourth-order valence-corrected chi connectivity index (χ4v) is 0.823. The molecule has 0 bridgehead atoms. The number of hydrogen-bond donors (Lipinski definition) is 0. The molecule has 0 heterocycles. The Labute approximate surface area is 60.5 Å². The highest BCUT2D eigenvalue weighted by atomic mass is 19.4. The highest BCUT2D eigenvalue weighted by Crippen LogP contribution is 2.33. The Bertz CT molecular complexity index is 188. The quantitative estimate of drug-likeness (QED) is 0.468. The summed E-state index contributed by atoms with van der Waals surface area (Å²) in [6.45, 7) is 0. The van der Waals surface area contributed by atoms with Crippen molar-refractivity contribution in [2.45, 2.75) is 25.4 Å². The Morgan fingerprint density at radius 2 is 2.20 bits per heavy atom. The van der Waals surface area contributed by atoms with Gasteiger partial charge in [0.05, 0.1) is 5.92 Å². The lowest BCUT2D eigenvalue weighted by atomic mass is 9.96. The molecule has 0 aliphatic heterocycles. The van der Waals surface area contributed by atoms with E-state index in [1.165, 1.54) is 0 Å². The number of halogens is 3. The number of rotatable bonds is 0. The van der Waals surface area contributed by atoms with Crippen molar-refractivity contribution in [3.8, 4) is 0 Å². The van der Waals surface area contributed by atoms with Crippen LogP contribution >= 0.6 is 0 Å². The standard InChI is InChI=1S/C7H9F3/c8-7(9,10)6-4-2-1-3-5-6/h2,4,6H,1,3,5H2/t6-/m1/s1/i1D,3D/t1-,3-,6+/m0. The summed E-state index contributed by atoms with van der Waals surface area (Å²) >= 11 is 0. The number of hydrogen-bond acceptors (Lipinski definition) is 0. The van der Waals surface area contributed by atoms with Gasteiger partial charge in [-0.25, -0.2) is 0 Å². The molecule has 0 N–H and O–H groups in total. The maximum atomic E-state index is 12.0. The van der Waals surface area contributed by atoms with Crippen LogP contribution < -0.4 is 0 Å². The van der Waals surface area contributed by atoms with Gasteiger partial charge in [0.15, 0.2) is 0 Å². The largest absolute Gasteiger partial charge is 0.395 e.